The summed E-state index contributed by atoms with van der Waals surface area (Å²) in [5, 5.41) is 12.2. The number of rotatable bonds is 5. The van der Waals surface area contributed by atoms with Crippen molar-refractivity contribution in [1.82, 2.24) is 20.3 Å². The summed E-state index contributed by atoms with van der Waals surface area (Å²) in [7, 11) is 0. The van der Waals surface area contributed by atoms with Gasteiger partial charge in [0.25, 0.3) is 5.91 Å². The molecule has 3 heterocycles. The average Bonchev–Trinajstić information content (AvgIpc) is 3.30. The van der Waals surface area contributed by atoms with Gasteiger partial charge in [0.05, 0.1) is 18.9 Å². The molecule has 1 fully saturated rings. The highest BCUT2D eigenvalue weighted by molar-refractivity contribution is 5.91. The van der Waals surface area contributed by atoms with Crippen LogP contribution in [0.4, 0.5) is 0 Å². The van der Waals surface area contributed by atoms with Gasteiger partial charge in [-0.2, -0.15) is 0 Å². The molecule has 3 rings (SSSR count). The molecule has 136 valence electrons. The van der Waals surface area contributed by atoms with Gasteiger partial charge in [-0.25, -0.2) is 0 Å². The van der Waals surface area contributed by atoms with Crippen LogP contribution in [-0.2, 0) is 4.74 Å². The van der Waals surface area contributed by atoms with Gasteiger partial charge in [-0.1, -0.05) is 32.9 Å². The van der Waals surface area contributed by atoms with Crippen molar-refractivity contribution >= 4 is 5.91 Å². The van der Waals surface area contributed by atoms with E-state index in [9.17, 15) is 4.79 Å². The molecular weight excluding hydrogens is 324 g/mol. The Morgan fingerprint density at radius 1 is 1.36 bits per heavy atom. The van der Waals surface area contributed by atoms with E-state index in [-0.39, 0.29) is 23.5 Å². The van der Waals surface area contributed by atoms with E-state index in [1.807, 2.05) is 13.8 Å². The van der Waals surface area contributed by atoms with Crippen molar-refractivity contribution in [2.24, 2.45) is 0 Å². The summed E-state index contributed by atoms with van der Waals surface area (Å²) in [4.78, 5) is 14.5. The van der Waals surface area contributed by atoms with Gasteiger partial charge in [-0.3, -0.25) is 4.79 Å². The molecule has 1 aliphatic rings. The van der Waals surface area contributed by atoms with E-state index in [4.69, 9.17) is 13.7 Å². The molecule has 0 aromatic carbocycles. The van der Waals surface area contributed by atoms with Gasteiger partial charge in [-0.05, 0) is 6.42 Å². The molecule has 8 nitrogen and oxygen atoms in total. The second-order valence-corrected chi connectivity index (χ2v) is 6.65. The number of carbonyl (C=O) groups excluding carboxylic acids is 1. The zero-order valence-corrected chi connectivity index (χ0v) is 15.1. The van der Waals surface area contributed by atoms with Crippen LogP contribution in [0.1, 0.15) is 80.0 Å². The number of morpholine rings is 1. The lowest BCUT2D eigenvalue weighted by Gasteiger charge is -2.32. The fourth-order valence-corrected chi connectivity index (χ4v) is 2.64. The summed E-state index contributed by atoms with van der Waals surface area (Å²) in [5.41, 5.74) is 0.788. The Morgan fingerprint density at radius 2 is 2.16 bits per heavy atom. The van der Waals surface area contributed by atoms with Gasteiger partial charge in [0.15, 0.2) is 0 Å². The van der Waals surface area contributed by atoms with Crippen LogP contribution in [0, 0.1) is 0 Å². The van der Waals surface area contributed by atoms with Crippen LogP contribution in [0.5, 0.6) is 0 Å². The van der Waals surface area contributed by atoms with Crippen molar-refractivity contribution in [2.45, 2.75) is 52.0 Å². The van der Waals surface area contributed by atoms with E-state index >= 15 is 0 Å². The maximum Gasteiger partial charge on any atom is 0.293 e. The third-order valence-electron chi connectivity index (χ3n) is 4.48. The van der Waals surface area contributed by atoms with Crippen LogP contribution >= 0.6 is 0 Å². The molecule has 0 spiro atoms. The summed E-state index contributed by atoms with van der Waals surface area (Å²) in [5.74, 6) is 1.30. The van der Waals surface area contributed by atoms with Crippen LogP contribution in [0.2, 0.25) is 0 Å². The molecule has 2 aromatic heterocycles. The first-order chi connectivity index (χ1) is 12.0. The largest absolute Gasteiger partial charge is 0.423 e. The molecule has 1 aliphatic heterocycles. The first-order valence-corrected chi connectivity index (χ1v) is 8.69. The molecule has 0 saturated carbocycles. The number of ether oxygens (including phenoxy) is 1. The van der Waals surface area contributed by atoms with Gasteiger partial charge in [-0.15, -0.1) is 10.2 Å². The highest BCUT2D eigenvalue weighted by Gasteiger charge is 2.35. The van der Waals surface area contributed by atoms with E-state index in [0.717, 1.165) is 12.1 Å². The molecule has 1 saturated heterocycles. The fourth-order valence-electron chi connectivity index (χ4n) is 2.64. The number of nitrogens with zero attached hydrogens (tertiary/aromatic N) is 4. The maximum atomic E-state index is 12.9. The summed E-state index contributed by atoms with van der Waals surface area (Å²) in [6.45, 7) is 9.28. The lowest BCUT2D eigenvalue weighted by molar-refractivity contribution is -0.0125. The van der Waals surface area contributed by atoms with Gasteiger partial charge in [0.2, 0.25) is 17.5 Å². The van der Waals surface area contributed by atoms with Crippen LogP contribution in [-0.4, -0.2) is 45.9 Å². The second-order valence-electron chi connectivity index (χ2n) is 6.65. The molecule has 1 amide bonds. The molecule has 0 N–H and O–H groups in total. The van der Waals surface area contributed by atoms with Crippen LogP contribution < -0.4 is 0 Å². The van der Waals surface area contributed by atoms with Gasteiger partial charge in [0, 0.05) is 24.4 Å². The molecule has 2 aromatic rings. The van der Waals surface area contributed by atoms with Crippen molar-refractivity contribution < 1.29 is 18.5 Å². The minimum atomic E-state index is -0.418. The summed E-state index contributed by atoms with van der Waals surface area (Å²) < 4.78 is 16.5. The Labute approximate surface area is 146 Å². The van der Waals surface area contributed by atoms with Crippen LogP contribution in [0.25, 0.3) is 0 Å². The summed E-state index contributed by atoms with van der Waals surface area (Å²) in [6, 6.07) is 1.30. The molecule has 2 atom stereocenters. The van der Waals surface area contributed by atoms with E-state index in [2.05, 4.69) is 29.2 Å². The minimum absolute atomic E-state index is 0.127. The number of hydrogen-bond donors (Lipinski definition) is 0. The van der Waals surface area contributed by atoms with Crippen LogP contribution in [0.3, 0.4) is 0 Å². The van der Waals surface area contributed by atoms with Crippen molar-refractivity contribution in [2.75, 3.05) is 19.8 Å². The molecule has 0 unspecified atom stereocenters. The first kappa shape index (κ1) is 17.6. The Bertz CT molecular complexity index is 724. The van der Waals surface area contributed by atoms with Crippen LogP contribution in [0.15, 0.2) is 15.0 Å². The van der Waals surface area contributed by atoms with Crippen molar-refractivity contribution in [1.29, 1.82) is 0 Å². The van der Waals surface area contributed by atoms with E-state index in [0.29, 0.717) is 31.5 Å². The minimum Gasteiger partial charge on any atom is -0.423 e. The highest BCUT2D eigenvalue weighted by Crippen LogP contribution is 2.27. The summed E-state index contributed by atoms with van der Waals surface area (Å²) in [6.07, 6.45) is 0.931. The molecule has 8 heteroatoms. The number of carbonyl (C=O) groups is 1. The highest BCUT2D eigenvalue weighted by atomic mass is 16.5. The SMILES string of the molecule is CC[C@@H](C)c1cc(C(=O)N2CCOC[C@H]2c2nnc(C(C)C)o2)on1. The fraction of sp³-hybridized carbons (Fsp3) is 0.647. The molecular formula is C17H24N4O4. The Kier molecular flexibility index (Phi) is 5.17. The number of hydrogen-bond acceptors (Lipinski definition) is 7. The van der Waals surface area contributed by atoms with Gasteiger partial charge in [0.1, 0.15) is 6.04 Å². The van der Waals surface area contributed by atoms with Gasteiger partial charge < -0.3 is 18.6 Å². The standard InChI is InChI=1S/C17H24N4O4/c1-5-11(4)12-8-14(25-20-12)17(22)21-6-7-23-9-13(21)16-19-18-15(24-16)10(2)3/h8,10-11,13H,5-7,9H2,1-4H3/t11-,13+/m1/s1. The first-order valence-electron chi connectivity index (χ1n) is 8.69. The summed E-state index contributed by atoms with van der Waals surface area (Å²) >= 11 is 0. The van der Waals surface area contributed by atoms with Crippen molar-refractivity contribution in [3.8, 4) is 0 Å². The predicted molar refractivity (Wildman–Crippen MR) is 88.2 cm³/mol. The zero-order valence-electron chi connectivity index (χ0n) is 15.1. The molecule has 0 aliphatic carbocycles. The second kappa shape index (κ2) is 7.35. The van der Waals surface area contributed by atoms with E-state index in [1.54, 1.807) is 11.0 Å². The van der Waals surface area contributed by atoms with Gasteiger partial charge >= 0.3 is 0 Å². The quantitative estimate of drug-likeness (QED) is 0.820. The zero-order chi connectivity index (χ0) is 18.0. The number of aromatic nitrogens is 3. The predicted octanol–water partition coefficient (Wildman–Crippen LogP) is 2.91. The number of amides is 1. The lowest BCUT2D eigenvalue weighted by atomic mass is 10.1. The molecule has 25 heavy (non-hydrogen) atoms. The monoisotopic (exact) mass is 348 g/mol. The Balaban J connectivity index is 1.82. The topological polar surface area (TPSA) is 94.5 Å². The van der Waals surface area contributed by atoms with Crippen molar-refractivity contribution in [3.05, 3.63) is 29.3 Å². The smallest absolute Gasteiger partial charge is 0.293 e. The third kappa shape index (κ3) is 3.58. The van der Waals surface area contributed by atoms with E-state index < -0.39 is 6.04 Å². The third-order valence-corrected chi connectivity index (χ3v) is 4.48. The van der Waals surface area contributed by atoms with E-state index in [1.165, 1.54) is 0 Å². The molecule has 0 bridgehead atoms. The average molecular weight is 348 g/mol. The normalized spacial score (nSPS) is 19.4. The molecule has 0 radical (unpaired) electrons. The Hall–Kier alpha value is -2.22. The lowest BCUT2D eigenvalue weighted by Crippen LogP contribution is -2.43. The maximum absolute atomic E-state index is 12.9. The Morgan fingerprint density at radius 3 is 2.84 bits per heavy atom. The van der Waals surface area contributed by atoms with Crippen molar-refractivity contribution in [3.63, 3.8) is 0 Å².